The van der Waals surface area contributed by atoms with Gasteiger partial charge in [-0.15, -0.1) is 0 Å². The molecule has 0 aromatic carbocycles. The first-order valence-electron chi connectivity index (χ1n) is 11.1. The Balaban J connectivity index is 1.22. The number of pyridine rings is 1. The molecular formula is C21H29F3N6O2. The van der Waals surface area contributed by atoms with Crippen LogP contribution in [-0.4, -0.2) is 68.9 Å². The van der Waals surface area contributed by atoms with Crippen molar-refractivity contribution >= 4 is 22.8 Å². The molecule has 1 saturated carbocycles. The average molecular weight is 454 g/mol. The maximum Gasteiger partial charge on any atom is 0.417 e. The summed E-state index contributed by atoms with van der Waals surface area (Å²) < 4.78 is 38.8. The van der Waals surface area contributed by atoms with Crippen molar-refractivity contribution in [3.05, 3.63) is 17.8 Å². The lowest BCUT2D eigenvalue weighted by molar-refractivity contribution is -0.137. The van der Waals surface area contributed by atoms with Crippen molar-refractivity contribution < 1.29 is 23.1 Å². The maximum atomic E-state index is 12.9. The smallest absolute Gasteiger partial charge is 0.393 e. The minimum Gasteiger partial charge on any atom is -0.393 e. The van der Waals surface area contributed by atoms with Crippen LogP contribution in [0.25, 0.3) is 11.0 Å². The zero-order valence-electron chi connectivity index (χ0n) is 18.0. The highest BCUT2D eigenvalue weighted by atomic mass is 19.4. The monoisotopic (exact) mass is 454 g/mol. The number of anilines is 1. The number of aromatic amines is 1. The molecule has 2 aromatic heterocycles. The third-order valence-corrected chi connectivity index (χ3v) is 6.66. The van der Waals surface area contributed by atoms with E-state index in [4.69, 9.17) is 0 Å². The maximum absolute atomic E-state index is 12.9. The van der Waals surface area contributed by atoms with Crippen molar-refractivity contribution in [3.8, 4) is 0 Å². The number of nitrogens with zero attached hydrogens (tertiary/aromatic N) is 3. The van der Waals surface area contributed by atoms with E-state index in [0.29, 0.717) is 12.0 Å². The third kappa shape index (κ3) is 4.98. The summed E-state index contributed by atoms with van der Waals surface area (Å²) >= 11 is 0. The molecule has 0 spiro atoms. The Morgan fingerprint density at radius 2 is 2.03 bits per heavy atom. The number of nitrogens with one attached hydrogen (secondary N) is 3. The Kier molecular flexibility index (Phi) is 6.57. The number of carbonyl (C=O) groups is 1. The molecular weight excluding hydrogens is 425 g/mol. The van der Waals surface area contributed by atoms with Crippen molar-refractivity contribution in [1.29, 1.82) is 0 Å². The van der Waals surface area contributed by atoms with E-state index in [1.54, 1.807) is 0 Å². The largest absolute Gasteiger partial charge is 0.417 e. The van der Waals surface area contributed by atoms with E-state index in [0.717, 1.165) is 57.5 Å². The van der Waals surface area contributed by atoms with E-state index in [1.165, 1.54) is 0 Å². The van der Waals surface area contributed by atoms with Gasteiger partial charge < -0.3 is 15.7 Å². The fourth-order valence-corrected chi connectivity index (χ4v) is 4.72. The van der Waals surface area contributed by atoms with Gasteiger partial charge in [0.15, 0.2) is 11.5 Å². The molecule has 2 fully saturated rings. The second-order valence-corrected chi connectivity index (χ2v) is 8.81. The summed E-state index contributed by atoms with van der Waals surface area (Å²) in [5, 5.41) is 22.4. The quantitative estimate of drug-likeness (QED) is 0.512. The predicted octanol–water partition coefficient (Wildman–Crippen LogP) is 2.52. The lowest BCUT2D eigenvalue weighted by atomic mass is 9.80. The molecule has 176 valence electrons. The van der Waals surface area contributed by atoms with Gasteiger partial charge in [0, 0.05) is 25.3 Å². The highest BCUT2D eigenvalue weighted by molar-refractivity contribution is 5.90. The van der Waals surface area contributed by atoms with Crippen LogP contribution in [0.5, 0.6) is 0 Å². The Labute approximate surface area is 184 Å². The van der Waals surface area contributed by atoms with Crippen molar-refractivity contribution in [2.75, 3.05) is 25.0 Å². The van der Waals surface area contributed by atoms with Crippen LogP contribution in [0.1, 0.15) is 44.6 Å². The lowest BCUT2D eigenvalue weighted by Crippen LogP contribution is -2.63. The van der Waals surface area contributed by atoms with Gasteiger partial charge in [0.1, 0.15) is 0 Å². The van der Waals surface area contributed by atoms with Crippen molar-refractivity contribution in [3.63, 3.8) is 0 Å². The van der Waals surface area contributed by atoms with Crippen LogP contribution in [0.3, 0.4) is 0 Å². The number of rotatable bonds is 7. The number of H-pyrrole nitrogens is 1. The molecule has 2 aliphatic rings. The SMILES string of the molecule is CC[C@H](O)C1CCC(N2CC(NC(=O)CNc3n[nH]c4ncc(C(F)(F)F)cc34)C2)CC1. The van der Waals surface area contributed by atoms with Gasteiger partial charge in [-0.05, 0) is 44.1 Å². The Hall–Kier alpha value is -2.40. The average Bonchev–Trinajstić information content (AvgIpc) is 3.16. The van der Waals surface area contributed by atoms with Crippen LogP contribution < -0.4 is 10.6 Å². The molecule has 0 radical (unpaired) electrons. The number of alkyl halides is 3. The summed E-state index contributed by atoms with van der Waals surface area (Å²) in [6, 6.07) is 1.54. The van der Waals surface area contributed by atoms with E-state index in [1.807, 2.05) is 6.92 Å². The lowest BCUT2D eigenvalue weighted by Gasteiger charge is -2.47. The van der Waals surface area contributed by atoms with E-state index < -0.39 is 11.7 Å². The van der Waals surface area contributed by atoms with Gasteiger partial charge in [-0.25, -0.2) is 4.98 Å². The molecule has 4 N–H and O–H groups in total. The van der Waals surface area contributed by atoms with Crippen molar-refractivity contribution in [2.24, 2.45) is 5.92 Å². The molecule has 1 aliphatic heterocycles. The van der Waals surface area contributed by atoms with E-state index in [-0.39, 0.29) is 41.4 Å². The molecule has 1 atom stereocenters. The molecule has 1 amide bonds. The Bertz CT molecular complexity index is 935. The number of halogens is 3. The molecule has 2 aromatic rings. The highest BCUT2D eigenvalue weighted by Gasteiger charge is 2.36. The van der Waals surface area contributed by atoms with E-state index in [9.17, 15) is 23.1 Å². The summed E-state index contributed by atoms with van der Waals surface area (Å²) in [6.07, 6.45) is 1.08. The molecule has 4 rings (SSSR count). The van der Waals surface area contributed by atoms with E-state index >= 15 is 0 Å². The van der Waals surface area contributed by atoms with Crippen LogP contribution in [0.2, 0.25) is 0 Å². The normalized spacial score (nSPS) is 23.7. The predicted molar refractivity (Wildman–Crippen MR) is 113 cm³/mol. The van der Waals surface area contributed by atoms with Gasteiger partial charge in [0.25, 0.3) is 0 Å². The second kappa shape index (κ2) is 9.22. The standard InChI is InChI=1S/C21H29F3N6O2/c1-2-17(31)12-3-5-15(6-4-12)30-10-14(11-30)27-18(32)9-26-20-16-7-13(21(22,23)24)8-25-19(16)28-29-20/h7-8,12,14-15,17,31H,2-6,9-11H2,1H3,(H,27,32)(H2,25,26,28,29)/t12?,15?,17-/m0/s1. The number of amides is 1. The third-order valence-electron chi connectivity index (χ3n) is 6.66. The first-order valence-corrected chi connectivity index (χ1v) is 11.1. The van der Waals surface area contributed by atoms with Crippen molar-refractivity contribution in [1.82, 2.24) is 25.4 Å². The number of aromatic nitrogens is 3. The number of fused-ring (bicyclic) bond motifs is 1. The van der Waals surface area contributed by atoms with Gasteiger partial charge in [-0.2, -0.15) is 18.3 Å². The summed E-state index contributed by atoms with van der Waals surface area (Å²) in [5.74, 6) is 0.329. The van der Waals surface area contributed by atoms with Crippen LogP contribution in [0, 0.1) is 5.92 Å². The van der Waals surface area contributed by atoms with Gasteiger partial charge >= 0.3 is 6.18 Å². The number of carbonyl (C=O) groups excluding carboxylic acids is 1. The summed E-state index contributed by atoms with van der Waals surface area (Å²) in [6.45, 7) is 3.51. The minimum atomic E-state index is -4.50. The molecule has 3 heterocycles. The fraction of sp³-hybridized carbons (Fsp3) is 0.667. The number of aliphatic hydroxyl groups is 1. The molecule has 11 heteroatoms. The van der Waals surface area contributed by atoms with Crippen LogP contribution in [-0.2, 0) is 11.0 Å². The highest BCUT2D eigenvalue weighted by Crippen LogP contribution is 2.33. The molecule has 0 unspecified atom stereocenters. The van der Waals surface area contributed by atoms with Gasteiger partial charge in [0.05, 0.1) is 29.6 Å². The Morgan fingerprint density at radius 1 is 1.31 bits per heavy atom. The molecule has 1 saturated heterocycles. The second-order valence-electron chi connectivity index (χ2n) is 8.81. The topological polar surface area (TPSA) is 106 Å². The van der Waals surface area contributed by atoms with Crippen LogP contribution in [0.4, 0.5) is 19.0 Å². The summed E-state index contributed by atoms with van der Waals surface area (Å²) in [4.78, 5) is 18.4. The van der Waals surface area contributed by atoms with Gasteiger partial charge in [-0.3, -0.25) is 14.8 Å². The zero-order valence-corrected chi connectivity index (χ0v) is 18.0. The zero-order chi connectivity index (χ0) is 22.9. The first kappa shape index (κ1) is 22.8. The van der Waals surface area contributed by atoms with Gasteiger partial charge in [-0.1, -0.05) is 6.92 Å². The fourth-order valence-electron chi connectivity index (χ4n) is 4.72. The molecule has 0 bridgehead atoms. The number of hydrogen-bond acceptors (Lipinski definition) is 6. The molecule has 32 heavy (non-hydrogen) atoms. The number of aliphatic hydroxyl groups excluding tert-OH is 1. The van der Waals surface area contributed by atoms with Crippen molar-refractivity contribution in [2.45, 2.75) is 63.4 Å². The summed E-state index contributed by atoms with van der Waals surface area (Å²) in [7, 11) is 0. The van der Waals surface area contributed by atoms with Crippen LogP contribution in [0.15, 0.2) is 12.3 Å². The number of hydrogen-bond donors (Lipinski definition) is 4. The summed E-state index contributed by atoms with van der Waals surface area (Å²) in [5.41, 5.74) is -0.650. The van der Waals surface area contributed by atoms with Gasteiger partial charge in [0.2, 0.25) is 5.91 Å². The first-order chi connectivity index (χ1) is 15.2. The number of likely N-dealkylation sites (tertiary alicyclic amines) is 1. The molecule has 8 nitrogen and oxygen atoms in total. The molecule has 1 aliphatic carbocycles. The van der Waals surface area contributed by atoms with E-state index in [2.05, 4.69) is 30.7 Å². The minimum absolute atomic E-state index is 0.0673. The van der Waals surface area contributed by atoms with Crippen LogP contribution >= 0.6 is 0 Å². The Morgan fingerprint density at radius 3 is 2.69 bits per heavy atom.